The molecule has 1 saturated carbocycles. The van der Waals surface area contributed by atoms with Crippen LogP contribution in [0.4, 0.5) is 0 Å². The lowest BCUT2D eigenvalue weighted by Crippen LogP contribution is -2.57. The van der Waals surface area contributed by atoms with Crippen molar-refractivity contribution >= 4 is 0 Å². The number of likely N-dealkylation sites (N-methyl/N-ethyl adjacent to an activating group) is 1. The Bertz CT molecular complexity index is 252. The minimum absolute atomic E-state index is 0.543. The van der Waals surface area contributed by atoms with E-state index >= 15 is 0 Å². The largest absolute Gasteiger partial charge is 0.384 e. The fourth-order valence-corrected chi connectivity index (χ4v) is 3.40. The molecule has 2 atom stereocenters. The summed E-state index contributed by atoms with van der Waals surface area (Å²) in [5.74, 6) is 0.966. The van der Waals surface area contributed by atoms with Crippen LogP contribution in [0.2, 0.25) is 0 Å². The van der Waals surface area contributed by atoms with Gasteiger partial charge in [0.15, 0.2) is 0 Å². The van der Waals surface area contributed by atoms with Gasteiger partial charge in [-0.2, -0.15) is 0 Å². The quantitative estimate of drug-likeness (QED) is 0.678. The third-order valence-electron chi connectivity index (χ3n) is 4.47. The van der Waals surface area contributed by atoms with Crippen molar-refractivity contribution in [3.8, 4) is 0 Å². The molecule has 0 amide bonds. The second-order valence-corrected chi connectivity index (χ2v) is 5.91. The lowest BCUT2D eigenvalue weighted by atomic mass is 9.90. The molecule has 1 aliphatic carbocycles. The minimum Gasteiger partial charge on any atom is -0.384 e. The molecule has 2 heterocycles. The number of fused-ring (bicyclic) bond motifs is 1. The van der Waals surface area contributed by atoms with Crippen LogP contribution >= 0.6 is 0 Å². The number of hydrogen-bond acceptors (Lipinski definition) is 3. The van der Waals surface area contributed by atoms with Crippen molar-refractivity contribution in [1.29, 1.82) is 0 Å². The second-order valence-electron chi connectivity index (χ2n) is 5.91. The Morgan fingerprint density at radius 2 is 2.07 bits per heavy atom. The predicted octanol–water partition coefficient (Wildman–Crippen LogP) is 0.659. The van der Waals surface area contributed by atoms with Gasteiger partial charge >= 0.3 is 0 Å². The molecule has 0 N–H and O–H groups in total. The van der Waals surface area contributed by atoms with Crippen molar-refractivity contribution in [3.05, 3.63) is 0 Å². The van der Waals surface area contributed by atoms with Gasteiger partial charge in [0, 0.05) is 50.7 Å². The van der Waals surface area contributed by atoms with Gasteiger partial charge < -0.3 is 9.64 Å². The lowest BCUT2D eigenvalue weighted by Gasteiger charge is -2.45. The van der Waals surface area contributed by atoms with Gasteiger partial charge in [0.2, 0.25) is 0 Å². The van der Waals surface area contributed by atoms with E-state index in [-0.39, 0.29) is 0 Å². The van der Waals surface area contributed by atoms with Crippen molar-refractivity contribution in [2.75, 3.05) is 46.9 Å². The van der Waals surface area contributed by atoms with Crippen LogP contribution in [-0.4, -0.2) is 62.8 Å². The highest BCUT2D eigenvalue weighted by atomic mass is 16.5. The van der Waals surface area contributed by atoms with Crippen LogP contribution in [0.3, 0.4) is 0 Å². The standard InChI is InChI=1S/C12H22N2O/c1-13-5-10-6-14(11(10)7-13)8-12(3-4-12)9-15-2/h10-11H,3-9H2,1-2H3. The lowest BCUT2D eigenvalue weighted by molar-refractivity contribution is 0.0125. The smallest absolute Gasteiger partial charge is 0.0530 e. The van der Waals surface area contributed by atoms with E-state index in [9.17, 15) is 0 Å². The van der Waals surface area contributed by atoms with Gasteiger partial charge in [-0.25, -0.2) is 0 Å². The maximum atomic E-state index is 5.33. The van der Waals surface area contributed by atoms with Crippen LogP contribution in [0, 0.1) is 11.3 Å². The van der Waals surface area contributed by atoms with Gasteiger partial charge in [-0.15, -0.1) is 0 Å². The maximum absolute atomic E-state index is 5.33. The van der Waals surface area contributed by atoms with Gasteiger partial charge in [0.05, 0.1) is 6.61 Å². The maximum Gasteiger partial charge on any atom is 0.0530 e. The van der Waals surface area contributed by atoms with Crippen LogP contribution in [0.1, 0.15) is 12.8 Å². The minimum atomic E-state index is 0.543. The third-order valence-corrected chi connectivity index (χ3v) is 4.47. The number of ether oxygens (including phenoxy) is 1. The SMILES string of the molecule is COCC1(CN2CC3CN(C)CC32)CC1. The van der Waals surface area contributed by atoms with E-state index in [1.807, 2.05) is 7.11 Å². The van der Waals surface area contributed by atoms with E-state index in [1.54, 1.807) is 0 Å². The molecule has 2 aliphatic heterocycles. The number of rotatable bonds is 4. The summed E-state index contributed by atoms with van der Waals surface area (Å²) in [5, 5.41) is 0. The zero-order chi connectivity index (χ0) is 10.5. The molecule has 0 aromatic carbocycles. The van der Waals surface area contributed by atoms with E-state index in [0.29, 0.717) is 5.41 Å². The molecule has 3 heteroatoms. The zero-order valence-corrected chi connectivity index (χ0v) is 9.91. The summed E-state index contributed by atoms with van der Waals surface area (Å²) in [4.78, 5) is 5.17. The molecule has 3 rings (SSSR count). The molecule has 0 radical (unpaired) electrons. The summed E-state index contributed by atoms with van der Waals surface area (Å²) in [6.45, 7) is 6.19. The molecule has 3 fully saturated rings. The fourth-order valence-electron chi connectivity index (χ4n) is 3.40. The van der Waals surface area contributed by atoms with Crippen LogP contribution in [-0.2, 0) is 4.74 Å². The molecule has 0 bridgehead atoms. The van der Waals surface area contributed by atoms with Gasteiger partial charge in [-0.1, -0.05) is 0 Å². The highest BCUT2D eigenvalue weighted by molar-refractivity contribution is 5.04. The highest BCUT2D eigenvalue weighted by Crippen LogP contribution is 2.48. The van der Waals surface area contributed by atoms with Crippen LogP contribution in [0.15, 0.2) is 0 Å². The highest BCUT2D eigenvalue weighted by Gasteiger charge is 2.51. The summed E-state index contributed by atoms with van der Waals surface area (Å²) >= 11 is 0. The summed E-state index contributed by atoms with van der Waals surface area (Å²) < 4.78 is 5.33. The van der Waals surface area contributed by atoms with E-state index < -0.39 is 0 Å². The molecule has 0 aromatic heterocycles. The Balaban J connectivity index is 1.53. The first-order valence-corrected chi connectivity index (χ1v) is 6.14. The molecular weight excluding hydrogens is 188 g/mol. The van der Waals surface area contributed by atoms with E-state index in [2.05, 4.69) is 16.8 Å². The summed E-state index contributed by atoms with van der Waals surface area (Å²) in [6.07, 6.45) is 2.76. The molecule has 0 aromatic rings. The normalized spacial score (nSPS) is 38.8. The third kappa shape index (κ3) is 1.71. The van der Waals surface area contributed by atoms with E-state index in [0.717, 1.165) is 18.6 Å². The number of methoxy groups -OCH3 is 1. The van der Waals surface area contributed by atoms with Crippen molar-refractivity contribution in [2.45, 2.75) is 18.9 Å². The van der Waals surface area contributed by atoms with Crippen molar-refractivity contribution in [3.63, 3.8) is 0 Å². The molecule has 86 valence electrons. The van der Waals surface area contributed by atoms with Crippen molar-refractivity contribution in [1.82, 2.24) is 9.80 Å². The molecule has 3 aliphatic rings. The average molecular weight is 210 g/mol. The Labute approximate surface area is 92.4 Å². The molecule has 3 nitrogen and oxygen atoms in total. The summed E-state index contributed by atoms with van der Waals surface area (Å²) in [7, 11) is 4.08. The van der Waals surface area contributed by atoms with E-state index in [1.165, 1.54) is 39.0 Å². The second kappa shape index (κ2) is 3.44. The topological polar surface area (TPSA) is 15.7 Å². The average Bonchev–Trinajstić information content (AvgIpc) is 2.87. The monoisotopic (exact) mass is 210 g/mol. The van der Waals surface area contributed by atoms with Crippen molar-refractivity contribution in [2.24, 2.45) is 11.3 Å². The first-order chi connectivity index (χ1) is 7.22. The number of nitrogens with zero attached hydrogens (tertiary/aromatic N) is 2. The van der Waals surface area contributed by atoms with Crippen LogP contribution < -0.4 is 0 Å². The molecular formula is C12H22N2O. The van der Waals surface area contributed by atoms with Crippen LogP contribution in [0.25, 0.3) is 0 Å². The number of likely N-dealkylation sites (tertiary alicyclic amines) is 2. The number of hydrogen-bond donors (Lipinski definition) is 0. The summed E-state index contributed by atoms with van der Waals surface area (Å²) in [6, 6.07) is 0.865. The first-order valence-electron chi connectivity index (χ1n) is 6.14. The predicted molar refractivity (Wildman–Crippen MR) is 59.9 cm³/mol. The van der Waals surface area contributed by atoms with Gasteiger partial charge in [0.25, 0.3) is 0 Å². The van der Waals surface area contributed by atoms with Gasteiger partial charge in [-0.3, -0.25) is 4.90 Å². The first kappa shape index (κ1) is 10.1. The molecule has 15 heavy (non-hydrogen) atoms. The Morgan fingerprint density at radius 1 is 1.27 bits per heavy atom. The van der Waals surface area contributed by atoms with Gasteiger partial charge in [-0.05, 0) is 19.9 Å². The van der Waals surface area contributed by atoms with Gasteiger partial charge in [0.1, 0.15) is 0 Å². The van der Waals surface area contributed by atoms with E-state index in [4.69, 9.17) is 4.74 Å². The van der Waals surface area contributed by atoms with Crippen LogP contribution in [0.5, 0.6) is 0 Å². The molecule has 0 spiro atoms. The molecule has 2 saturated heterocycles. The Morgan fingerprint density at radius 3 is 2.67 bits per heavy atom. The Hall–Kier alpha value is -0.120. The molecule has 2 unspecified atom stereocenters. The van der Waals surface area contributed by atoms with Crippen molar-refractivity contribution < 1.29 is 4.74 Å². The Kier molecular flexibility index (Phi) is 2.31. The summed E-state index contributed by atoms with van der Waals surface area (Å²) in [5.41, 5.74) is 0.543. The zero-order valence-electron chi connectivity index (χ0n) is 9.91. The fraction of sp³-hybridized carbons (Fsp3) is 1.00.